The molecule has 1 amide bonds. The number of hydrogen-bond acceptors (Lipinski definition) is 6. The van der Waals surface area contributed by atoms with Gasteiger partial charge in [-0.25, -0.2) is 13.4 Å². The fourth-order valence-electron chi connectivity index (χ4n) is 5.00. The van der Waals surface area contributed by atoms with Crippen molar-refractivity contribution in [2.45, 2.75) is 61.8 Å². The van der Waals surface area contributed by atoms with Crippen molar-refractivity contribution in [3.8, 4) is 23.5 Å². The number of carbonyl (C=O) groups excluding carboxylic acids is 2. The Morgan fingerprint density at radius 1 is 1.03 bits per heavy atom. The second-order valence-electron chi connectivity index (χ2n) is 10.1. The highest BCUT2D eigenvalue weighted by Gasteiger charge is 2.49. The van der Waals surface area contributed by atoms with Gasteiger partial charge >= 0.3 is 5.91 Å². The van der Waals surface area contributed by atoms with E-state index in [9.17, 15) is 18.0 Å². The Hall–Kier alpha value is -3.44. The van der Waals surface area contributed by atoms with E-state index in [4.69, 9.17) is 10.8 Å². The van der Waals surface area contributed by atoms with Crippen molar-refractivity contribution in [2.75, 3.05) is 6.26 Å². The van der Waals surface area contributed by atoms with Gasteiger partial charge in [-0.2, -0.15) is 0 Å². The van der Waals surface area contributed by atoms with Crippen molar-refractivity contribution in [3.05, 3.63) is 48.4 Å². The maximum atomic E-state index is 13.4. The fraction of sp³-hybridized carbons (Fsp3) is 0.393. The minimum atomic E-state index is -3.28. The molecule has 0 aliphatic heterocycles. The molecule has 36 heavy (non-hydrogen) atoms. The van der Waals surface area contributed by atoms with Crippen LogP contribution in [0.5, 0.6) is 0 Å². The Kier molecular flexibility index (Phi) is 6.00. The normalized spacial score (nSPS) is 18.3. The maximum absolute atomic E-state index is 13.4. The molecule has 3 aromatic rings. The van der Waals surface area contributed by atoms with Crippen LogP contribution in [-0.2, 0) is 14.6 Å². The first-order valence-corrected chi connectivity index (χ1v) is 14.1. The van der Waals surface area contributed by atoms with E-state index in [2.05, 4.69) is 16.2 Å². The molecular weight excluding hydrogens is 476 g/mol. The van der Waals surface area contributed by atoms with Gasteiger partial charge in [0.25, 0.3) is 5.89 Å². The number of terminal acetylenes is 1. The first-order valence-electron chi connectivity index (χ1n) is 12.2. The lowest BCUT2D eigenvalue weighted by molar-refractivity contribution is -0.127. The van der Waals surface area contributed by atoms with Crippen LogP contribution in [0.1, 0.15) is 62.1 Å². The molecule has 0 bridgehead atoms. The zero-order valence-electron chi connectivity index (χ0n) is 20.2. The van der Waals surface area contributed by atoms with E-state index in [-0.39, 0.29) is 22.0 Å². The van der Waals surface area contributed by atoms with Crippen LogP contribution in [-0.4, -0.2) is 36.9 Å². The number of oxazole rings is 1. The number of sulfone groups is 1. The van der Waals surface area contributed by atoms with Gasteiger partial charge in [-0.15, -0.1) is 6.42 Å². The van der Waals surface area contributed by atoms with Crippen LogP contribution in [0.15, 0.2) is 51.8 Å². The van der Waals surface area contributed by atoms with E-state index in [0.717, 1.165) is 43.2 Å². The highest BCUT2D eigenvalue weighted by atomic mass is 32.2. The van der Waals surface area contributed by atoms with E-state index in [1.807, 2.05) is 6.07 Å². The molecule has 0 atom stereocenters. The van der Waals surface area contributed by atoms with Crippen LogP contribution >= 0.6 is 0 Å². The number of amides is 1. The topological polar surface area (TPSA) is 106 Å². The van der Waals surface area contributed by atoms with Crippen LogP contribution in [0, 0.1) is 17.8 Å². The Morgan fingerprint density at radius 3 is 2.31 bits per heavy atom. The molecule has 5 rings (SSSR count). The lowest BCUT2D eigenvalue weighted by Crippen LogP contribution is -2.56. The summed E-state index contributed by atoms with van der Waals surface area (Å²) >= 11 is 0. The standard InChI is InChI=1S/C28H28N2O5S/c1-3-27(15-16-27)18-24(31)28(13-5-4-6-14-28)30-25(32)26-29-22-12-9-20(17-23(22)35-26)19-7-10-21(11-8-19)36(2,33)34/h1,7-12,17H,4-6,13-16,18H2,2H3,(H,30,32). The summed E-state index contributed by atoms with van der Waals surface area (Å²) in [4.78, 5) is 31.2. The van der Waals surface area contributed by atoms with E-state index in [1.165, 1.54) is 6.26 Å². The summed E-state index contributed by atoms with van der Waals surface area (Å²) in [7, 11) is -3.28. The molecule has 0 radical (unpaired) electrons. The van der Waals surface area contributed by atoms with Gasteiger partial charge in [0.15, 0.2) is 21.2 Å². The summed E-state index contributed by atoms with van der Waals surface area (Å²) in [5, 5.41) is 2.98. The second-order valence-corrected chi connectivity index (χ2v) is 12.1. The Balaban J connectivity index is 1.38. The number of hydrogen-bond donors (Lipinski definition) is 1. The smallest absolute Gasteiger partial charge is 0.307 e. The Labute approximate surface area is 210 Å². The van der Waals surface area contributed by atoms with Crippen LogP contribution in [0.4, 0.5) is 0 Å². The third-order valence-electron chi connectivity index (χ3n) is 7.45. The van der Waals surface area contributed by atoms with Crippen LogP contribution in [0.25, 0.3) is 22.2 Å². The van der Waals surface area contributed by atoms with Crippen molar-refractivity contribution in [2.24, 2.45) is 5.41 Å². The first-order chi connectivity index (χ1) is 17.1. The molecule has 7 nitrogen and oxygen atoms in total. The van der Waals surface area contributed by atoms with Gasteiger partial charge in [-0.1, -0.05) is 43.4 Å². The molecule has 1 aromatic heterocycles. The third kappa shape index (κ3) is 4.68. The van der Waals surface area contributed by atoms with E-state index < -0.39 is 21.3 Å². The summed E-state index contributed by atoms with van der Waals surface area (Å²) in [6.45, 7) is 0. The van der Waals surface area contributed by atoms with Crippen molar-refractivity contribution in [3.63, 3.8) is 0 Å². The number of carbonyl (C=O) groups is 2. The number of Topliss-reactive ketones (excluding diaryl/α,β-unsaturated/α-hetero) is 1. The second kappa shape index (κ2) is 8.90. The van der Waals surface area contributed by atoms with Gasteiger partial charge in [0.2, 0.25) is 0 Å². The molecule has 0 unspecified atom stereocenters. The lowest BCUT2D eigenvalue weighted by atomic mass is 9.75. The number of fused-ring (bicyclic) bond motifs is 1. The summed E-state index contributed by atoms with van der Waals surface area (Å²) in [6.07, 6.45) is 12.8. The minimum Gasteiger partial charge on any atom is -0.432 e. The number of nitrogens with one attached hydrogen (secondary N) is 1. The maximum Gasteiger partial charge on any atom is 0.307 e. The highest BCUT2D eigenvalue weighted by molar-refractivity contribution is 7.90. The van der Waals surface area contributed by atoms with Crippen LogP contribution in [0.3, 0.4) is 0 Å². The predicted molar refractivity (Wildman–Crippen MR) is 136 cm³/mol. The number of ketones is 1. The van der Waals surface area contributed by atoms with E-state index in [0.29, 0.717) is 30.4 Å². The molecule has 0 saturated heterocycles. The quantitative estimate of drug-likeness (QED) is 0.468. The molecule has 2 aliphatic rings. The summed E-state index contributed by atoms with van der Waals surface area (Å²) in [5.74, 6) is 2.18. The van der Waals surface area contributed by atoms with Crippen molar-refractivity contribution in [1.29, 1.82) is 0 Å². The van der Waals surface area contributed by atoms with Gasteiger partial charge in [0.1, 0.15) is 5.52 Å². The molecule has 8 heteroatoms. The van der Waals surface area contributed by atoms with Gasteiger partial charge in [-0.3, -0.25) is 9.59 Å². The molecule has 0 spiro atoms. The van der Waals surface area contributed by atoms with Crippen molar-refractivity contribution < 1.29 is 22.4 Å². The molecule has 2 aromatic carbocycles. The molecule has 2 aliphatic carbocycles. The van der Waals surface area contributed by atoms with Crippen LogP contribution in [0.2, 0.25) is 0 Å². The number of aromatic nitrogens is 1. The number of rotatable bonds is 7. The average molecular weight is 505 g/mol. The van der Waals surface area contributed by atoms with E-state index in [1.54, 1.807) is 36.4 Å². The van der Waals surface area contributed by atoms with Crippen LogP contribution < -0.4 is 5.32 Å². The largest absolute Gasteiger partial charge is 0.432 e. The fourth-order valence-corrected chi connectivity index (χ4v) is 5.63. The van der Waals surface area contributed by atoms with Crippen molar-refractivity contribution in [1.82, 2.24) is 10.3 Å². The predicted octanol–water partition coefficient (Wildman–Crippen LogP) is 4.70. The molecule has 2 saturated carbocycles. The zero-order valence-corrected chi connectivity index (χ0v) is 21.0. The lowest BCUT2D eigenvalue weighted by Gasteiger charge is -2.37. The average Bonchev–Trinajstić information content (AvgIpc) is 3.51. The van der Waals surface area contributed by atoms with Gasteiger partial charge < -0.3 is 9.73 Å². The number of nitrogens with zero attached hydrogens (tertiary/aromatic N) is 1. The highest BCUT2D eigenvalue weighted by Crippen LogP contribution is 2.49. The Morgan fingerprint density at radius 2 is 1.69 bits per heavy atom. The molecule has 1 heterocycles. The van der Waals surface area contributed by atoms with Gasteiger partial charge in [-0.05, 0) is 61.1 Å². The van der Waals surface area contributed by atoms with Gasteiger partial charge in [0.05, 0.1) is 10.4 Å². The van der Waals surface area contributed by atoms with Crippen molar-refractivity contribution >= 4 is 32.6 Å². The minimum absolute atomic E-state index is 0.00179. The Bertz CT molecular complexity index is 1480. The zero-order chi connectivity index (χ0) is 25.6. The summed E-state index contributed by atoms with van der Waals surface area (Å²) < 4.78 is 29.3. The molecular formula is C28H28N2O5S. The van der Waals surface area contributed by atoms with E-state index >= 15 is 0 Å². The summed E-state index contributed by atoms with van der Waals surface area (Å²) in [5.41, 5.74) is 1.27. The SMILES string of the molecule is C#CC1(CC(=O)C2(NC(=O)c3nc4ccc(-c5ccc(S(C)(=O)=O)cc5)cc4o3)CCCCC2)CC1. The van der Waals surface area contributed by atoms with Gasteiger partial charge in [0, 0.05) is 18.1 Å². The third-order valence-corrected chi connectivity index (χ3v) is 8.58. The first kappa shape index (κ1) is 24.3. The monoisotopic (exact) mass is 504 g/mol. The number of benzene rings is 2. The molecule has 186 valence electrons. The summed E-state index contributed by atoms with van der Waals surface area (Å²) in [6, 6.07) is 11.9. The molecule has 2 fully saturated rings. The molecule has 1 N–H and O–H groups in total.